The van der Waals surface area contributed by atoms with Crippen LogP contribution >= 0.6 is 24.0 Å². The standard InChI is InChI=1S/C12H15ClN2O3.ClH/c13-10-8-14-7-9(11(10)12(16)17)1-2-15-3-5-18-6-4-15;/h7-8H,1-6H2,(H,16,17);1H. The minimum absolute atomic E-state index is 0. The number of hydrogen-bond acceptors (Lipinski definition) is 4. The molecule has 0 bridgehead atoms. The minimum atomic E-state index is -1.00. The number of carboxylic acid groups (broad SMARTS) is 1. The van der Waals surface area contributed by atoms with Crippen molar-refractivity contribution in [2.24, 2.45) is 0 Å². The van der Waals surface area contributed by atoms with Crippen LogP contribution in [0.3, 0.4) is 0 Å². The Labute approximate surface area is 122 Å². The second-order valence-electron chi connectivity index (χ2n) is 4.16. The van der Waals surface area contributed by atoms with Crippen molar-refractivity contribution in [3.63, 3.8) is 0 Å². The average molecular weight is 307 g/mol. The molecule has 1 aromatic rings. The van der Waals surface area contributed by atoms with Crippen molar-refractivity contribution >= 4 is 30.0 Å². The maximum Gasteiger partial charge on any atom is 0.337 e. The van der Waals surface area contributed by atoms with Crippen LogP contribution in [0.25, 0.3) is 0 Å². The molecule has 106 valence electrons. The number of halogens is 2. The molecule has 0 aliphatic carbocycles. The van der Waals surface area contributed by atoms with E-state index >= 15 is 0 Å². The fourth-order valence-electron chi connectivity index (χ4n) is 2.01. The van der Waals surface area contributed by atoms with Crippen molar-refractivity contribution in [1.29, 1.82) is 0 Å². The van der Waals surface area contributed by atoms with Gasteiger partial charge in [-0.25, -0.2) is 4.79 Å². The number of aromatic carboxylic acids is 1. The number of nitrogens with zero attached hydrogens (tertiary/aromatic N) is 2. The highest BCUT2D eigenvalue weighted by atomic mass is 35.5. The molecule has 0 amide bonds. The highest BCUT2D eigenvalue weighted by Crippen LogP contribution is 2.19. The molecule has 7 heteroatoms. The summed E-state index contributed by atoms with van der Waals surface area (Å²) in [6.07, 6.45) is 3.58. The first-order chi connectivity index (χ1) is 8.68. The van der Waals surface area contributed by atoms with E-state index in [0.29, 0.717) is 12.0 Å². The molecule has 1 aromatic heterocycles. The Morgan fingerprint density at radius 3 is 2.74 bits per heavy atom. The fourth-order valence-corrected chi connectivity index (χ4v) is 2.27. The molecule has 2 rings (SSSR count). The smallest absolute Gasteiger partial charge is 0.337 e. The second-order valence-corrected chi connectivity index (χ2v) is 4.57. The predicted molar refractivity (Wildman–Crippen MR) is 74.4 cm³/mol. The SMILES string of the molecule is Cl.O=C(O)c1c(Cl)cncc1CCN1CCOCC1. The summed E-state index contributed by atoms with van der Waals surface area (Å²) >= 11 is 5.87. The molecule has 1 saturated heterocycles. The number of ether oxygens (including phenoxy) is 1. The van der Waals surface area contributed by atoms with Gasteiger partial charge in [-0.2, -0.15) is 0 Å². The van der Waals surface area contributed by atoms with E-state index in [1.807, 2.05) is 0 Å². The van der Waals surface area contributed by atoms with Crippen LogP contribution < -0.4 is 0 Å². The molecule has 0 saturated carbocycles. The largest absolute Gasteiger partial charge is 0.478 e. The van der Waals surface area contributed by atoms with Crippen molar-refractivity contribution < 1.29 is 14.6 Å². The molecular weight excluding hydrogens is 291 g/mol. The second kappa shape index (κ2) is 7.65. The summed E-state index contributed by atoms with van der Waals surface area (Å²) in [6.45, 7) is 4.04. The van der Waals surface area contributed by atoms with Crippen molar-refractivity contribution in [3.05, 3.63) is 28.5 Å². The van der Waals surface area contributed by atoms with Crippen LogP contribution in [-0.2, 0) is 11.2 Å². The third kappa shape index (κ3) is 4.31. The van der Waals surface area contributed by atoms with E-state index in [0.717, 1.165) is 32.8 Å². The van der Waals surface area contributed by atoms with Gasteiger partial charge in [-0.05, 0) is 12.0 Å². The Kier molecular flexibility index (Phi) is 6.51. The molecule has 0 radical (unpaired) electrons. The zero-order valence-electron chi connectivity index (χ0n) is 10.3. The number of hydrogen-bond donors (Lipinski definition) is 1. The van der Waals surface area contributed by atoms with Crippen molar-refractivity contribution in [2.45, 2.75) is 6.42 Å². The monoisotopic (exact) mass is 306 g/mol. The van der Waals surface area contributed by atoms with Gasteiger partial charge in [-0.1, -0.05) is 11.6 Å². The number of rotatable bonds is 4. The Bertz CT molecular complexity index is 437. The van der Waals surface area contributed by atoms with Gasteiger partial charge in [0.2, 0.25) is 0 Å². The third-order valence-electron chi connectivity index (χ3n) is 2.99. The Morgan fingerprint density at radius 1 is 1.42 bits per heavy atom. The van der Waals surface area contributed by atoms with Crippen LogP contribution in [0.2, 0.25) is 5.02 Å². The molecule has 0 unspecified atom stereocenters. The summed E-state index contributed by atoms with van der Waals surface area (Å²) in [7, 11) is 0. The van der Waals surface area contributed by atoms with Gasteiger partial charge >= 0.3 is 5.97 Å². The van der Waals surface area contributed by atoms with Gasteiger partial charge < -0.3 is 9.84 Å². The zero-order valence-corrected chi connectivity index (χ0v) is 11.9. The quantitative estimate of drug-likeness (QED) is 0.918. The lowest BCUT2D eigenvalue weighted by Crippen LogP contribution is -2.37. The van der Waals surface area contributed by atoms with E-state index in [9.17, 15) is 4.79 Å². The number of pyridine rings is 1. The first-order valence-electron chi connectivity index (χ1n) is 5.84. The van der Waals surface area contributed by atoms with E-state index in [4.69, 9.17) is 21.4 Å². The third-order valence-corrected chi connectivity index (χ3v) is 3.28. The van der Waals surface area contributed by atoms with E-state index in [1.165, 1.54) is 6.20 Å². The van der Waals surface area contributed by atoms with Crippen LogP contribution in [-0.4, -0.2) is 53.8 Å². The van der Waals surface area contributed by atoms with E-state index in [1.54, 1.807) is 6.20 Å². The topological polar surface area (TPSA) is 62.7 Å². The molecule has 5 nitrogen and oxygen atoms in total. The molecule has 1 N–H and O–H groups in total. The molecule has 1 aliphatic heterocycles. The summed E-state index contributed by atoms with van der Waals surface area (Å²) in [4.78, 5) is 17.3. The number of carbonyl (C=O) groups is 1. The lowest BCUT2D eigenvalue weighted by Gasteiger charge is -2.26. The van der Waals surface area contributed by atoms with Gasteiger partial charge in [0.25, 0.3) is 0 Å². The molecule has 19 heavy (non-hydrogen) atoms. The van der Waals surface area contributed by atoms with Crippen LogP contribution in [0.4, 0.5) is 0 Å². The van der Waals surface area contributed by atoms with Crippen molar-refractivity contribution in [3.8, 4) is 0 Å². The van der Waals surface area contributed by atoms with Crippen molar-refractivity contribution in [2.75, 3.05) is 32.8 Å². The summed E-state index contributed by atoms with van der Waals surface area (Å²) in [6, 6.07) is 0. The zero-order chi connectivity index (χ0) is 13.0. The lowest BCUT2D eigenvalue weighted by atomic mass is 10.1. The Hall–Kier alpha value is -0.880. The van der Waals surface area contributed by atoms with Gasteiger partial charge in [0, 0.05) is 32.0 Å². The maximum absolute atomic E-state index is 11.1. The highest BCUT2D eigenvalue weighted by Gasteiger charge is 2.16. The van der Waals surface area contributed by atoms with Crippen LogP contribution in [0.15, 0.2) is 12.4 Å². The Morgan fingerprint density at radius 2 is 2.11 bits per heavy atom. The molecule has 1 fully saturated rings. The van der Waals surface area contributed by atoms with E-state index in [2.05, 4.69) is 9.88 Å². The lowest BCUT2D eigenvalue weighted by molar-refractivity contribution is 0.0383. The van der Waals surface area contributed by atoms with Gasteiger partial charge in [0.15, 0.2) is 0 Å². The minimum Gasteiger partial charge on any atom is -0.478 e. The predicted octanol–water partition coefficient (Wildman–Crippen LogP) is 1.73. The summed E-state index contributed by atoms with van der Waals surface area (Å²) in [5, 5.41) is 9.33. The first kappa shape index (κ1) is 16.2. The van der Waals surface area contributed by atoms with E-state index < -0.39 is 5.97 Å². The summed E-state index contributed by atoms with van der Waals surface area (Å²) in [5.74, 6) is -1.00. The molecule has 0 atom stereocenters. The van der Waals surface area contributed by atoms with Gasteiger partial charge in [-0.3, -0.25) is 9.88 Å². The van der Waals surface area contributed by atoms with Crippen LogP contribution in [0.5, 0.6) is 0 Å². The molecule has 1 aliphatic rings. The average Bonchev–Trinajstić information content (AvgIpc) is 2.37. The van der Waals surface area contributed by atoms with Crippen LogP contribution in [0, 0.1) is 0 Å². The Balaban J connectivity index is 0.00000180. The van der Waals surface area contributed by atoms with Gasteiger partial charge in [-0.15, -0.1) is 12.4 Å². The molecule has 0 spiro atoms. The number of aromatic nitrogens is 1. The molecule has 0 aromatic carbocycles. The van der Waals surface area contributed by atoms with E-state index in [-0.39, 0.29) is 23.0 Å². The first-order valence-corrected chi connectivity index (χ1v) is 6.22. The maximum atomic E-state index is 11.1. The molecule has 2 heterocycles. The number of carboxylic acids is 1. The summed E-state index contributed by atoms with van der Waals surface area (Å²) < 4.78 is 5.26. The van der Waals surface area contributed by atoms with Gasteiger partial charge in [0.05, 0.1) is 23.8 Å². The molecular formula is C12H16Cl2N2O3. The van der Waals surface area contributed by atoms with Crippen molar-refractivity contribution in [1.82, 2.24) is 9.88 Å². The van der Waals surface area contributed by atoms with Crippen LogP contribution in [0.1, 0.15) is 15.9 Å². The fraction of sp³-hybridized carbons (Fsp3) is 0.500. The van der Waals surface area contributed by atoms with Gasteiger partial charge in [0.1, 0.15) is 0 Å². The number of morpholine rings is 1. The normalized spacial score (nSPS) is 15.8. The highest BCUT2D eigenvalue weighted by molar-refractivity contribution is 6.33. The summed E-state index contributed by atoms with van der Waals surface area (Å²) in [5.41, 5.74) is 0.849.